The summed E-state index contributed by atoms with van der Waals surface area (Å²) in [6, 6.07) is 9.20. The number of nitrogens with zero attached hydrogens (tertiary/aromatic N) is 2. The second kappa shape index (κ2) is 5.07. The molecule has 0 aromatic heterocycles. The first-order valence-corrected chi connectivity index (χ1v) is 6.85. The number of rotatable bonds is 1. The van der Waals surface area contributed by atoms with Crippen LogP contribution in [-0.2, 0) is 4.79 Å². The molecule has 0 saturated carbocycles. The fourth-order valence-corrected chi connectivity index (χ4v) is 2.85. The van der Waals surface area contributed by atoms with E-state index in [1.165, 1.54) is 0 Å². The van der Waals surface area contributed by atoms with E-state index in [1.54, 1.807) is 24.0 Å². The molecule has 1 saturated heterocycles. The van der Waals surface area contributed by atoms with Crippen LogP contribution in [0.5, 0.6) is 0 Å². The minimum Gasteiger partial charge on any atom is -0.338 e. The first-order valence-electron chi connectivity index (χ1n) is 6.85. The predicted octanol–water partition coefficient (Wildman–Crippen LogP) is 1.07. The SMILES string of the molecule is CC1=N[C@H]2CCN(C(=O)c3ccccc3)C[C@@H]2C(=O)N1. The van der Waals surface area contributed by atoms with E-state index in [1.807, 2.05) is 18.2 Å². The van der Waals surface area contributed by atoms with E-state index in [-0.39, 0.29) is 23.8 Å². The molecule has 104 valence electrons. The van der Waals surface area contributed by atoms with Gasteiger partial charge in [0.25, 0.3) is 5.91 Å². The number of piperidine rings is 1. The van der Waals surface area contributed by atoms with E-state index in [4.69, 9.17) is 0 Å². The van der Waals surface area contributed by atoms with Gasteiger partial charge in [-0.1, -0.05) is 18.2 Å². The monoisotopic (exact) mass is 271 g/mol. The van der Waals surface area contributed by atoms with Gasteiger partial charge in [-0.2, -0.15) is 0 Å². The van der Waals surface area contributed by atoms with Gasteiger partial charge in [-0.3, -0.25) is 14.6 Å². The molecule has 0 aliphatic carbocycles. The van der Waals surface area contributed by atoms with E-state index in [0.717, 1.165) is 6.42 Å². The predicted molar refractivity (Wildman–Crippen MR) is 75.5 cm³/mol. The Hall–Kier alpha value is -2.17. The van der Waals surface area contributed by atoms with Gasteiger partial charge in [0, 0.05) is 18.7 Å². The molecule has 0 unspecified atom stereocenters. The highest BCUT2D eigenvalue weighted by atomic mass is 16.2. The molecule has 2 aliphatic heterocycles. The number of amides is 2. The van der Waals surface area contributed by atoms with Crippen LogP contribution < -0.4 is 5.32 Å². The van der Waals surface area contributed by atoms with E-state index in [0.29, 0.717) is 24.5 Å². The maximum absolute atomic E-state index is 12.4. The Labute approximate surface area is 117 Å². The molecule has 1 N–H and O–H groups in total. The third kappa shape index (κ3) is 2.31. The summed E-state index contributed by atoms with van der Waals surface area (Å²) >= 11 is 0. The van der Waals surface area contributed by atoms with Crippen molar-refractivity contribution in [2.45, 2.75) is 19.4 Å². The molecule has 20 heavy (non-hydrogen) atoms. The van der Waals surface area contributed by atoms with Crippen LogP contribution >= 0.6 is 0 Å². The number of hydrogen-bond acceptors (Lipinski definition) is 3. The second-order valence-corrected chi connectivity index (χ2v) is 5.28. The van der Waals surface area contributed by atoms with E-state index in [2.05, 4.69) is 10.3 Å². The third-order valence-corrected chi connectivity index (χ3v) is 3.88. The van der Waals surface area contributed by atoms with Gasteiger partial charge in [-0.25, -0.2) is 0 Å². The number of hydrogen-bond donors (Lipinski definition) is 1. The van der Waals surface area contributed by atoms with Crippen molar-refractivity contribution in [3.63, 3.8) is 0 Å². The zero-order chi connectivity index (χ0) is 14.1. The number of amidine groups is 1. The molecule has 5 nitrogen and oxygen atoms in total. The zero-order valence-electron chi connectivity index (χ0n) is 11.4. The summed E-state index contributed by atoms with van der Waals surface area (Å²) in [6.45, 7) is 2.90. The summed E-state index contributed by atoms with van der Waals surface area (Å²) in [6.07, 6.45) is 0.744. The van der Waals surface area contributed by atoms with Crippen LogP contribution in [-0.4, -0.2) is 41.7 Å². The number of carbonyl (C=O) groups is 2. The lowest BCUT2D eigenvalue weighted by molar-refractivity contribution is -0.126. The number of carbonyl (C=O) groups excluding carboxylic acids is 2. The summed E-state index contributed by atoms with van der Waals surface area (Å²) in [5.74, 6) is 0.426. The largest absolute Gasteiger partial charge is 0.338 e. The maximum Gasteiger partial charge on any atom is 0.253 e. The summed E-state index contributed by atoms with van der Waals surface area (Å²) in [4.78, 5) is 30.6. The molecule has 5 heteroatoms. The first-order chi connectivity index (χ1) is 9.65. The topological polar surface area (TPSA) is 61.8 Å². The molecule has 0 spiro atoms. The molecule has 2 heterocycles. The number of nitrogens with one attached hydrogen (secondary N) is 1. The lowest BCUT2D eigenvalue weighted by Gasteiger charge is -2.38. The fourth-order valence-electron chi connectivity index (χ4n) is 2.85. The van der Waals surface area contributed by atoms with Gasteiger partial charge in [0.2, 0.25) is 5.91 Å². The minimum atomic E-state index is -0.222. The van der Waals surface area contributed by atoms with Gasteiger partial charge >= 0.3 is 0 Å². The number of benzene rings is 1. The van der Waals surface area contributed by atoms with Crippen molar-refractivity contribution in [2.75, 3.05) is 13.1 Å². The Bertz CT molecular complexity index is 568. The van der Waals surface area contributed by atoms with Gasteiger partial charge in [-0.15, -0.1) is 0 Å². The van der Waals surface area contributed by atoms with Crippen molar-refractivity contribution in [3.8, 4) is 0 Å². The molecular formula is C15H17N3O2. The van der Waals surface area contributed by atoms with E-state index >= 15 is 0 Å². The van der Waals surface area contributed by atoms with Crippen LogP contribution in [0, 0.1) is 5.92 Å². The van der Waals surface area contributed by atoms with Crippen molar-refractivity contribution in [1.29, 1.82) is 0 Å². The smallest absolute Gasteiger partial charge is 0.253 e. The number of fused-ring (bicyclic) bond motifs is 1. The van der Waals surface area contributed by atoms with Crippen LogP contribution in [0.1, 0.15) is 23.7 Å². The normalized spacial score (nSPS) is 25.6. The zero-order valence-corrected chi connectivity index (χ0v) is 11.4. The number of aliphatic imine (C=N–C) groups is 1. The van der Waals surface area contributed by atoms with Crippen molar-refractivity contribution < 1.29 is 9.59 Å². The Morgan fingerprint density at radius 1 is 1.35 bits per heavy atom. The lowest BCUT2D eigenvalue weighted by atomic mass is 9.90. The summed E-state index contributed by atoms with van der Waals surface area (Å²) in [7, 11) is 0. The lowest BCUT2D eigenvalue weighted by Crippen LogP contribution is -2.54. The van der Waals surface area contributed by atoms with Crippen LogP contribution in [0.25, 0.3) is 0 Å². The van der Waals surface area contributed by atoms with Crippen molar-refractivity contribution in [2.24, 2.45) is 10.9 Å². The van der Waals surface area contributed by atoms with Gasteiger partial charge in [0.15, 0.2) is 0 Å². The fraction of sp³-hybridized carbons (Fsp3) is 0.400. The molecule has 3 rings (SSSR count). The Morgan fingerprint density at radius 3 is 2.85 bits per heavy atom. The highest BCUT2D eigenvalue weighted by Gasteiger charge is 2.38. The van der Waals surface area contributed by atoms with Crippen LogP contribution in [0.4, 0.5) is 0 Å². The van der Waals surface area contributed by atoms with Gasteiger partial charge < -0.3 is 10.2 Å². The quantitative estimate of drug-likeness (QED) is 0.830. The highest BCUT2D eigenvalue weighted by Crippen LogP contribution is 2.24. The minimum absolute atomic E-state index is 0.0110. The average Bonchev–Trinajstić information content (AvgIpc) is 2.47. The van der Waals surface area contributed by atoms with Crippen LogP contribution in [0.2, 0.25) is 0 Å². The average molecular weight is 271 g/mol. The standard InChI is InChI=1S/C15H17N3O2/c1-10-16-13-7-8-18(9-12(13)14(19)17-10)15(20)11-5-3-2-4-6-11/h2-6,12-13H,7-9H2,1H3,(H,16,17,19)/t12-,13-/m0/s1. The van der Waals surface area contributed by atoms with Crippen molar-refractivity contribution in [3.05, 3.63) is 35.9 Å². The van der Waals surface area contributed by atoms with Gasteiger partial charge in [-0.05, 0) is 25.5 Å². The summed E-state index contributed by atoms with van der Waals surface area (Å²) in [5.41, 5.74) is 0.668. The molecule has 0 bridgehead atoms. The molecule has 2 aliphatic rings. The molecular weight excluding hydrogens is 254 g/mol. The summed E-state index contributed by atoms with van der Waals surface area (Å²) < 4.78 is 0. The molecule has 1 aromatic rings. The van der Waals surface area contributed by atoms with Crippen molar-refractivity contribution in [1.82, 2.24) is 10.2 Å². The first kappa shape index (κ1) is 12.8. The Balaban J connectivity index is 1.76. The van der Waals surface area contributed by atoms with Crippen LogP contribution in [0.3, 0.4) is 0 Å². The highest BCUT2D eigenvalue weighted by molar-refractivity contribution is 6.01. The van der Waals surface area contributed by atoms with Gasteiger partial charge in [0.1, 0.15) is 5.84 Å². The molecule has 2 amide bonds. The van der Waals surface area contributed by atoms with E-state index < -0.39 is 0 Å². The van der Waals surface area contributed by atoms with Crippen LogP contribution in [0.15, 0.2) is 35.3 Å². The molecule has 0 radical (unpaired) electrons. The number of likely N-dealkylation sites (tertiary alicyclic amines) is 1. The van der Waals surface area contributed by atoms with Crippen molar-refractivity contribution >= 4 is 17.6 Å². The summed E-state index contributed by atoms with van der Waals surface area (Å²) in [5, 5.41) is 2.75. The molecule has 1 aromatic carbocycles. The molecule has 1 fully saturated rings. The van der Waals surface area contributed by atoms with E-state index in [9.17, 15) is 9.59 Å². The molecule has 2 atom stereocenters. The van der Waals surface area contributed by atoms with Gasteiger partial charge in [0.05, 0.1) is 12.0 Å². The Morgan fingerprint density at radius 2 is 2.10 bits per heavy atom. The maximum atomic E-state index is 12.4. The second-order valence-electron chi connectivity index (χ2n) is 5.28. The third-order valence-electron chi connectivity index (χ3n) is 3.88. The Kier molecular flexibility index (Phi) is 3.26.